The molecule has 0 bridgehead atoms. The normalized spacial score (nSPS) is 10.8. The van der Waals surface area contributed by atoms with Gasteiger partial charge in [0.2, 0.25) is 0 Å². The summed E-state index contributed by atoms with van der Waals surface area (Å²) in [6.07, 6.45) is 1.58. The first kappa shape index (κ1) is 20.9. The van der Waals surface area contributed by atoms with Crippen molar-refractivity contribution in [1.82, 2.24) is 9.97 Å². The zero-order chi connectivity index (χ0) is 21.6. The average molecular weight is 436 g/mol. The predicted molar refractivity (Wildman–Crippen MR) is 126 cm³/mol. The number of aromatic nitrogens is 2. The third kappa shape index (κ3) is 4.56. The van der Waals surface area contributed by atoms with Gasteiger partial charge in [-0.25, -0.2) is 9.97 Å². The summed E-state index contributed by atoms with van der Waals surface area (Å²) in [5.41, 5.74) is 3.05. The van der Waals surface area contributed by atoms with Crippen LogP contribution in [0.2, 0.25) is 0 Å². The quantitative estimate of drug-likeness (QED) is 0.333. The summed E-state index contributed by atoms with van der Waals surface area (Å²) in [5, 5.41) is 6.54. The van der Waals surface area contributed by atoms with E-state index in [4.69, 9.17) is 14.2 Å². The lowest BCUT2D eigenvalue weighted by molar-refractivity contribution is 0.288. The summed E-state index contributed by atoms with van der Waals surface area (Å²) in [4.78, 5) is 9.92. The minimum absolute atomic E-state index is 0.563. The number of hydrogen-bond acceptors (Lipinski definition) is 7. The second-order valence-corrected chi connectivity index (χ2v) is 7.52. The molecule has 0 aliphatic rings. The number of benzene rings is 2. The van der Waals surface area contributed by atoms with Crippen molar-refractivity contribution in [3.05, 3.63) is 54.2 Å². The zero-order valence-electron chi connectivity index (χ0n) is 17.8. The highest BCUT2D eigenvalue weighted by molar-refractivity contribution is 7.17. The van der Waals surface area contributed by atoms with E-state index in [0.29, 0.717) is 25.6 Å². The Hall–Kier alpha value is -3.32. The number of nitrogens with zero attached hydrogens (tertiary/aromatic N) is 2. The van der Waals surface area contributed by atoms with Crippen molar-refractivity contribution in [1.29, 1.82) is 0 Å². The van der Waals surface area contributed by atoms with Crippen LogP contribution in [0, 0.1) is 0 Å². The molecule has 2 aromatic carbocycles. The number of ether oxygens (including phenoxy) is 3. The third-order valence-corrected chi connectivity index (χ3v) is 5.54. The molecule has 0 spiro atoms. The molecular weight excluding hydrogens is 410 g/mol. The molecule has 0 radical (unpaired) electrons. The van der Waals surface area contributed by atoms with Crippen LogP contribution in [0.4, 0.5) is 11.5 Å². The lowest BCUT2D eigenvalue weighted by Crippen LogP contribution is -2.00. The van der Waals surface area contributed by atoms with Gasteiger partial charge in [0.15, 0.2) is 11.5 Å². The minimum Gasteiger partial charge on any atom is -0.494 e. The molecule has 0 aliphatic carbocycles. The van der Waals surface area contributed by atoms with E-state index in [1.54, 1.807) is 17.7 Å². The highest BCUT2D eigenvalue weighted by atomic mass is 32.1. The van der Waals surface area contributed by atoms with Gasteiger partial charge in [-0.3, -0.25) is 0 Å². The fourth-order valence-corrected chi connectivity index (χ4v) is 4.26. The van der Waals surface area contributed by atoms with Crippen molar-refractivity contribution in [3.63, 3.8) is 0 Å². The molecule has 4 rings (SSSR count). The number of thiophene rings is 1. The Morgan fingerprint density at radius 2 is 1.58 bits per heavy atom. The number of fused-ring (bicyclic) bond motifs is 1. The van der Waals surface area contributed by atoms with Gasteiger partial charge in [0.25, 0.3) is 0 Å². The largest absolute Gasteiger partial charge is 0.494 e. The topological polar surface area (TPSA) is 65.5 Å². The van der Waals surface area contributed by atoms with E-state index in [-0.39, 0.29) is 0 Å². The van der Waals surface area contributed by atoms with Crippen molar-refractivity contribution in [2.45, 2.75) is 20.8 Å². The molecule has 0 unspecified atom stereocenters. The van der Waals surface area contributed by atoms with Crippen LogP contribution in [0.3, 0.4) is 0 Å². The summed E-state index contributed by atoms with van der Waals surface area (Å²) in [6.45, 7) is 7.69. The summed E-state index contributed by atoms with van der Waals surface area (Å²) in [7, 11) is 0. The standard InChI is InChI=1S/C24H25N3O3S/c1-4-28-18-10-7-16(8-11-18)19-14-31-24-22(19)23(25-15-26-24)27-17-9-12-20(29-5-2)21(13-17)30-6-3/h7-15H,4-6H2,1-3H3,(H,25,26,27). The molecule has 0 saturated carbocycles. The molecule has 2 aromatic heterocycles. The number of hydrogen-bond donors (Lipinski definition) is 1. The van der Waals surface area contributed by atoms with E-state index < -0.39 is 0 Å². The average Bonchev–Trinajstić information content (AvgIpc) is 3.22. The molecule has 6 nitrogen and oxygen atoms in total. The highest BCUT2D eigenvalue weighted by Crippen LogP contribution is 2.39. The first-order valence-corrected chi connectivity index (χ1v) is 11.2. The Labute approximate surface area is 185 Å². The highest BCUT2D eigenvalue weighted by Gasteiger charge is 2.14. The van der Waals surface area contributed by atoms with Gasteiger partial charge in [-0.1, -0.05) is 12.1 Å². The SMILES string of the molecule is CCOc1ccc(-c2csc3ncnc(Nc4ccc(OCC)c(OCC)c4)c23)cc1. The Morgan fingerprint density at radius 1 is 0.839 bits per heavy atom. The molecule has 2 heterocycles. The molecule has 4 aromatic rings. The molecule has 0 saturated heterocycles. The van der Waals surface area contributed by atoms with Crippen LogP contribution in [-0.4, -0.2) is 29.8 Å². The van der Waals surface area contributed by atoms with Crippen molar-refractivity contribution >= 4 is 33.1 Å². The van der Waals surface area contributed by atoms with E-state index in [1.807, 2.05) is 51.1 Å². The number of nitrogens with one attached hydrogen (secondary N) is 1. The summed E-state index contributed by atoms with van der Waals surface area (Å²) in [6, 6.07) is 13.9. The molecule has 160 valence electrons. The second-order valence-electron chi connectivity index (χ2n) is 6.66. The Kier molecular flexibility index (Phi) is 6.52. The molecule has 0 amide bonds. The summed E-state index contributed by atoms with van der Waals surface area (Å²) < 4.78 is 17.0. The molecular formula is C24H25N3O3S. The van der Waals surface area contributed by atoms with E-state index >= 15 is 0 Å². The van der Waals surface area contributed by atoms with Crippen LogP contribution >= 0.6 is 11.3 Å². The maximum absolute atomic E-state index is 5.76. The van der Waals surface area contributed by atoms with Crippen molar-refractivity contribution in [2.75, 3.05) is 25.1 Å². The van der Waals surface area contributed by atoms with E-state index in [2.05, 4.69) is 32.8 Å². The minimum atomic E-state index is 0.563. The zero-order valence-corrected chi connectivity index (χ0v) is 18.7. The van der Waals surface area contributed by atoms with E-state index in [9.17, 15) is 0 Å². The molecule has 0 aliphatic heterocycles. The number of rotatable bonds is 9. The van der Waals surface area contributed by atoms with Gasteiger partial charge in [0, 0.05) is 22.7 Å². The van der Waals surface area contributed by atoms with E-state index in [1.165, 1.54) is 0 Å². The summed E-state index contributed by atoms with van der Waals surface area (Å²) >= 11 is 1.60. The van der Waals surface area contributed by atoms with Gasteiger partial charge in [-0.2, -0.15) is 0 Å². The number of anilines is 2. The lowest BCUT2D eigenvalue weighted by atomic mass is 10.1. The van der Waals surface area contributed by atoms with Crippen molar-refractivity contribution in [3.8, 4) is 28.4 Å². The van der Waals surface area contributed by atoms with Gasteiger partial charge in [-0.15, -0.1) is 11.3 Å². The van der Waals surface area contributed by atoms with Crippen molar-refractivity contribution in [2.24, 2.45) is 0 Å². The van der Waals surface area contributed by atoms with Crippen LogP contribution in [0.1, 0.15) is 20.8 Å². The predicted octanol–water partition coefficient (Wildman–Crippen LogP) is 6.30. The van der Waals surface area contributed by atoms with Crippen LogP contribution in [0.15, 0.2) is 54.2 Å². The van der Waals surface area contributed by atoms with Gasteiger partial charge < -0.3 is 19.5 Å². The maximum atomic E-state index is 5.76. The van der Waals surface area contributed by atoms with Crippen LogP contribution in [-0.2, 0) is 0 Å². The molecule has 31 heavy (non-hydrogen) atoms. The monoisotopic (exact) mass is 435 g/mol. The second kappa shape index (κ2) is 9.66. The van der Waals surface area contributed by atoms with E-state index in [0.717, 1.165) is 44.3 Å². The van der Waals surface area contributed by atoms with Gasteiger partial charge in [0.05, 0.1) is 25.2 Å². The van der Waals surface area contributed by atoms with Crippen molar-refractivity contribution < 1.29 is 14.2 Å². The first-order valence-electron chi connectivity index (χ1n) is 10.4. The van der Waals surface area contributed by atoms with Gasteiger partial charge in [0.1, 0.15) is 22.7 Å². The fourth-order valence-electron chi connectivity index (χ4n) is 3.35. The Morgan fingerprint density at radius 3 is 2.32 bits per heavy atom. The van der Waals surface area contributed by atoms with Gasteiger partial charge >= 0.3 is 0 Å². The van der Waals surface area contributed by atoms with Crippen LogP contribution in [0.5, 0.6) is 17.2 Å². The molecule has 7 heteroatoms. The molecule has 0 atom stereocenters. The summed E-state index contributed by atoms with van der Waals surface area (Å²) in [5.74, 6) is 3.05. The fraction of sp³-hybridized carbons (Fsp3) is 0.250. The van der Waals surface area contributed by atoms with Crippen LogP contribution in [0.25, 0.3) is 21.3 Å². The smallest absolute Gasteiger partial charge is 0.163 e. The lowest BCUT2D eigenvalue weighted by Gasteiger charge is -2.14. The van der Waals surface area contributed by atoms with Gasteiger partial charge in [-0.05, 0) is 50.6 Å². The Bertz CT molecular complexity index is 1160. The molecule has 0 fully saturated rings. The molecule has 1 N–H and O–H groups in total. The van der Waals surface area contributed by atoms with Crippen LogP contribution < -0.4 is 19.5 Å². The maximum Gasteiger partial charge on any atom is 0.163 e. The first-order chi connectivity index (χ1) is 15.2. The third-order valence-electron chi connectivity index (χ3n) is 4.65. The Balaban J connectivity index is 1.70.